The van der Waals surface area contributed by atoms with E-state index in [2.05, 4.69) is 11.3 Å². The van der Waals surface area contributed by atoms with Gasteiger partial charge in [0.25, 0.3) is 0 Å². The second-order valence-electron chi connectivity index (χ2n) is 4.66. The normalized spacial score (nSPS) is 20.6. The Kier molecular flexibility index (Phi) is 5.37. The van der Waals surface area contributed by atoms with Crippen LogP contribution >= 0.6 is 11.6 Å². The summed E-state index contributed by atoms with van der Waals surface area (Å²) in [6.45, 7) is 4.98. The number of rotatable bonds is 4. The first kappa shape index (κ1) is 15.5. The molecule has 0 aliphatic carbocycles. The van der Waals surface area contributed by atoms with Gasteiger partial charge in [0, 0.05) is 17.0 Å². The Morgan fingerprint density at radius 2 is 2.10 bits per heavy atom. The topological polar surface area (TPSA) is 35.5 Å². The Hall–Kier alpha value is -1.84. The van der Waals surface area contributed by atoms with Gasteiger partial charge in [0.2, 0.25) is 0 Å². The van der Waals surface area contributed by atoms with Crippen molar-refractivity contribution in [2.45, 2.75) is 0 Å². The highest BCUT2D eigenvalue weighted by molar-refractivity contribution is 6.30. The highest BCUT2D eigenvalue weighted by Gasteiger charge is 2.22. The number of carbonyl (C=O) groups is 1. The molecular weight excluding hydrogens is 288 g/mol. The predicted molar refractivity (Wildman–Crippen MR) is 84.0 cm³/mol. The maximum Gasteiger partial charge on any atom is 0.330 e. The largest absolute Gasteiger partial charge is 0.466 e. The minimum atomic E-state index is -0.392. The number of ether oxygens (including phenoxy) is 2. The Morgan fingerprint density at radius 3 is 2.71 bits per heavy atom. The molecule has 0 bridgehead atoms. The zero-order valence-electron chi connectivity index (χ0n) is 11.8. The summed E-state index contributed by atoms with van der Waals surface area (Å²) in [4.78, 5) is 11.4. The fraction of sp³-hybridized carbons (Fsp3) is 0.235. The summed E-state index contributed by atoms with van der Waals surface area (Å²) in [6, 6.07) is 7.49. The van der Waals surface area contributed by atoms with Crippen molar-refractivity contribution < 1.29 is 14.3 Å². The van der Waals surface area contributed by atoms with Crippen LogP contribution < -0.4 is 0 Å². The van der Waals surface area contributed by atoms with Crippen LogP contribution in [-0.2, 0) is 14.3 Å². The van der Waals surface area contributed by atoms with Crippen molar-refractivity contribution in [3.8, 4) is 0 Å². The molecule has 1 saturated heterocycles. The van der Waals surface area contributed by atoms with Crippen molar-refractivity contribution in [1.29, 1.82) is 0 Å². The predicted octanol–water partition coefficient (Wildman–Crippen LogP) is 3.66. The molecule has 1 aliphatic rings. The lowest BCUT2D eigenvalue weighted by molar-refractivity contribution is -0.134. The highest BCUT2D eigenvalue weighted by Crippen LogP contribution is 2.31. The molecule has 4 heteroatoms. The van der Waals surface area contributed by atoms with E-state index >= 15 is 0 Å². The van der Waals surface area contributed by atoms with Gasteiger partial charge in [0.15, 0.2) is 0 Å². The van der Waals surface area contributed by atoms with Gasteiger partial charge in [-0.25, -0.2) is 4.79 Å². The van der Waals surface area contributed by atoms with Crippen LogP contribution in [0.2, 0.25) is 5.02 Å². The maximum atomic E-state index is 11.4. The molecule has 3 nitrogen and oxygen atoms in total. The van der Waals surface area contributed by atoms with E-state index in [1.165, 1.54) is 13.2 Å². The average Bonchev–Trinajstić information content (AvgIpc) is 2.97. The molecule has 2 rings (SSSR count). The van der Waals surface area contributed by atoms with Crippen LogP contribution in [0.25, 0.3) is 5.57 Å². The standard InChI is InChI=1S/C17H17ClO3/c1-3-12-10-21-11-16(12)15(8-9-17(19)20-2)13-4-6-14(18)7-5-13/h3-9,12H,1,10-11H2,2H3/b9-8+,16-15+. The first-order valence-corrected chi connectivity index (χ1v) is 6.98. The van der Waals surface area contributed by atoms with Crippen molar-refractivity contribution in [2.75, 3.05) is 20.3 Å². The van der Waals surface area contributed by atoms with E-state index in [0.29, 0.717) is 18.2 Å². The second kappa shape index (κ2) is 7.25. The molecule has 0 N–H and O–H groups in total. The van der Waals surface area contributed by atoms with E-state index in [1.807, 2.05) is 30.3 Å². The van der Waals surface area contributed by atoms with Crippen LogP contribution in [0, 0.1) is 5.92 Å². The van der Waals surface area contributed by atoms with Gasteiger partial charge in [-0.15, -0.1) is 6.58 Å². The molecule has 21 heavy (non-hydrogen) atoms. The smallest absolute Gasteiger partial charge is 0.330 e. The van der Waals surface area contributed by atoms with Crippen LogP contribution in [0.3, 0.4) is 0 Å². The first-order valence-electron chi connectivity index (χ1n) is 6.61. The highest BCUT2D eigenvalue weighted by atomic mass is 35.5. The molecule has 0 saturated carbocycles. The third kappa shape index (κ3) is 3.84. The lowest BCUT2D eigenvalue weighted by Gasteiger charge is -2.11. The number of methoxy groups -OCH3 is 1. The summed E-state index contributed by atoms with van der Waals surface area (Å²) in [5.41, 5.74) is 3.03. The molecule has 1 fully saturated rings. The van der Waals surface area contributed by atoms with Gasteiger partial charge in [-0.05, 0) is 34.9 Å². The summed E-state index contributed by atoms with van der Waals surface area (Å²) in [5.74, 6) is -0.242. The molecule has 1 heterocycles. The van der Waals surface area contributed by atoms with Crippen molar-refractivity contribution in [3.05, 3.63) is 65.2 Å². The number of carbonyl (C=O) groups excluding carboxylic acids is 1. The van der Waals surface area contributed by atoms with Crippen LogP contribution in [0.1, 0.15) is 5.56 Å². The minimum Gasteiger partial charge on any atom is -0.466 e. The fourth-order valence-electron chi connectivity index (χ4n) is 2.23. The van der Waals surface area contributed by atoms with E-state index < -0.39 is 5.97 Å². The van der Waals surface area contributed by atoms with E-state index in [1.54, 1.807) is 6.08 Å². The van der Waals surface area contributed by atoms with Crippen LogP contribution in [0.15, 0.2) is 54.6 Å². The number of halogens is 1. The van der Waals surface area contributed by atoms with Crippen LogP contribution in [0.5, 0.6) is 0 Å². The summed E-state index contributed by atoms with van der Waals surface area (Å²) < 4.78 is 10.2. The van der Waals surface area contributed by atoms with E-state index in [0.717, 1.165) is 16.7 Å². The summed E-state index contributed by atoms with van der Waals surface area (Å²) in [5, 5.41) is 0.669. The first-order chi connectivity index (χ1) is 10.2. The van der Waals surface area contributed by atoms with E-state index in [-0.39, 0.29) is 5.92 Å². The molecule has 1 aliphatic heterocycles. The van der Waals surface area contributed by atoms with Crippen molar-refractivity contribution in [3.63, 3.8) is 0 Å². The Morgan fingerprint density at radius 1 is 1.38 bits per heavy atom. The van der Waals surface area contributed by atoms with Crippen molar-refractivity contribution >= 4 is 23.1 Å². The molecule has 1 atom stereocenters. The van der Waals surface area contributed by atoms with Crippen molar-refractivity contribution in [2.24, 2.45) is 5.92 Å². The molecule has 1 unspecified atom stereocenters. The SMILES string of the molecule is C=CC1COC/C1=C(/C=C/C(=O)OC)c1ccc(Cl)cc1. The third-order valence-electron chi connectivity index (χ3n) is 3.38. The van der Waals surface area contributed by atoms with Crippen molar-refractivity contribution in [1.82, 2.24) is 0 Å². The molecule has 0 aromatic heterocycles. The molecule has 0 radical (unpaired) electrons. The molecule has 1 aromatic carbocycles. The number of allylic oxidation sites excluding steroid dienone is 2. The Balaban J connectivity index is 2.46. The van der Waals surface area contributed by atoms with Gasteiger partial charge in [-0.2, -0.15) is 0 Å². The maximum absolute atomic E-state index is 11.4. The lowest BCUT2D eigenvalue weighted by atomic mass is 9.92. The zero-order chi connectivity index (χ0) is 15.2. The quantitative estimate of drug-likeness (QED) is 0.484. The summed E-state index contributed by atoms with van der Waals surface area (Å²) in [6.07, 6.45) is 5.04. The number of esters is 1. The van der Waals surface area contributed by atoms with E-state index in [9.17, 15) is 4.79 Å². The zero-order valence-corrected chi connectivity index (χ0v) is 12.6. The molecule has 0 amide bonds. The molecule has 1 aromatic rings. The van der Waals surface area contributed by atoms with Gasteiger partial charge >= 0.3 is 5.97 Å². The third-order valence-corrected chi connectivity index (χ3v) is 3.63. The molecular formula is C17H17ClO3. The second-order valence-corrected chi connectivity index (χ2v) is 5.10. The number of hydrogen-bond donors (Lipinski definition) is 0. The van der Waals surface area contributed by atoms with Gasteiger partial charge in [0.05, 0.1) is 20.3 Å². The lowest BCUT2D eigenvalue weighted by Crippen LogP contribution is -2.01. The molecule has 110 valence electrons. The summed E-state index contributed by atoms with van der Waals surface area (Å²) in [7, 11) is 1.35. The van der Waals surface area contributed by atoms with Crippen LogP contribution in [0.4, 0.5) is 0 Å². The monoisotopic (exact) mass is 304 g/mol. The minimum absolute atomic E-state index is 0.151. The van der Waals surface area contributed by atoms with Gasteiger partial charge in [0.1, 0.15) is 0 Å². The molecule has 0 spiro atoms. The Bertz CT molecular complexity index is 585. The van der Waals surface area contributed by atoms with Gasteiger partial charge in [-0.1, -0.05) is 29.8 Å². The van der Waals surface area contributed by atoms with Crippen LogP contribution in [-0.4, -0.2) is 26.3 Å². The average molecular weight is 305 g/mol. The Labute approximate surface area is 129 Å². The number of hydrogen-bond acceptors (Lipinski definition) is 3. The van der Waals surface area contributed by atoms with Gasteiger partial charge < -0.3 is 9.47 Å². The van der Waals surface area contributed by atoms with Gasteiger partial charge in [-0.3, -0.25) is 0 Å². The fourth-order valence-corrected chi connectivity index (χ4v) is 2.35. The number of benzene rings is 1. The van der Waals surface area contributed by atoms with E-state index in [4.69, 9.17) is 16.3 Å². The summed E-state index contributed by atoms with van der Waals surface area (Å²) >= 11 is 5.93.